The molecule has 1 rings (SSSR count). The first kappa shape index (κ1) is 12.3. The topological polar surface area (TPSA) is 68.1 Å². The predicted molar refractivity (Wildman–Crippen MR) is 58.5 cm³/mol. The van der Waals surface area contributed by atoms with Crippen molar-refractivity contribution in [2.75, 3.05) is 7.11 Å². The number of hydrogen-bond donors (Lipinski definition) is 1. The largest absolute Gasteiger partial charge is 0.493 e. The number of oxime groups is 1. The summed E-state index contributed by atoms with van der Waals surface area (Å²) < 4.78 is 9.90. The molecule has 0 amide bonds. The third-order valence-corrected chi connectivity index (χ3v) is 2.04. The second-order valence-corrected chi connectivity index (χ2v) is 3.21. The number of carbonyl (C=O) groups is 1. The van der Waals surface area contributed by atoms with Crippen LogP contribution in [0.25, 0.3) is 0 Å². The van der Waals surface area contributed by atoms with E-state index in [1.807, 2.05) is 0 Å². The highest BCUT2D eigenvalue weighted by Crippen LogP contribution is 2.28. The Morgan fingerprint density at radius 2 is 2.12 bits per heavy atom. The Kier molecular flexibility index (Phi) is 4.13. The van der Waals surface area contributed by atoms with Gasteiger partial charge in [-0.3, -0.25) is 4.79 Å². The number of esters is 1. The molecule has 86 valence electrons. The number of carbonyl (C=O) groups excluding carboxylic acids is 1. The lowest BCUT2D eigenvalue weighted by atomic mass is 10.2. The van der Waals surface area contributed by atoms with Gasteiger partial charge in [-0.05, 0) is 18.2 Å². The van der Waals surface area contributed by atoms with Gasteiger partial charge in [-0.25, -0.2) is 0 Å². The van der Waals surface area contributed by atoms with Gasteiger partial charge in [0.15, 0.2) is 16.7 Å². The Bertz CT molecular complexity index is 431. The van der Waals surface area contributed by atoms with E-state index < -0.39 is 5.97 Å². The first-order valence-electron chi connectivity index (χ1n) is 4.33. The molecule has 6 heteroatoms. The van der Waals surface area contributed by atoms with Crippen LogP contribution < -0.4 is 9.47 Å². The lowest BCUT2D eigenvalue weighted by Crippen LogP contribution is -2.03. The van der Waals surface area contributed by atoms with Crippen molar-refractivity contribution in [3.8, 4) is 11.5 Å². The third kappa shape index (κ3) is 2.87. The van der Waals surface area contributed by atoms with Crippen molar-refractivity contribution < 1.29 is 19.5 Å². The average Bonchev–Trinajstić information content (AvgIpc) is 2.27. The average molecular weight is 244 g/mol. The van der Waals surface area contributed by atoms with Gasteiger partial charge >= 0.3 is 5.97 Å². The predicted octanol–water partition coefficient (Wildman–Crippen LogP) is 2.00. The highest BCUT2D eigenvalue weighted by molar-refractivity contribution is 6.69. The first-order valence-corrected chi connectivity index (χ1v) is 4.70. The quantitative estimate of drug-likeness (QED) is 0.290. The maximum Gasteiger partial charge on any atom is 0.308 e. The molecule has 5 nitrogen and oxygen atoms in total. The first-order chi connectivity index (χ1) is 7.58. The molecule has 0 aromatic heterocycles. The molecule has 0 atom stereocenters. The molecule has 1 N–H and O–H groups in total. The fourth-order valence-electron chi connectivity index (χ4n) is 1.09. The fraction of sp³-hybridized carbons (Fsp3) is 0.200. The summed E-state index contributed by atoms with van der Waals surface area (Å²) in [6.07, 6.45) is 0. The molecular formula is C10H10ClNO4. The maximum absolute atomic E-state index is 10.8. The van der Waals surface area contributed by atoms with Crippen molar-refractivity contribution >= 4 is 22.7 Å². The zero-order valence-corrected chi connectivity index (χ0v) is 9.49. The Morgan fingerprint density at radius 3 is 2.62 bits per heavy atom. The van der Waals surface area contributed by atoms with Crippen molar-refractivity contribution in [3.05, 3.63) is 23.8 Å². The number of halogens is 1. The van der Waals surface area contributed by atoms with E-state index >= 15 is 0 Å². The highest BCUT2D eigenvalue weighted by Gasteiger charge is 2.10. The van der Waals surface area contributed by atoms with Gasteiger partial charge in [0.2, 0.25) is 0 Å². The summed E-state index contributed by atoms with van der Waals surface area (Å²) in [5.41, 5.74) is 0.455. The van der Waals surface area contributed by atoms with Crippen molar-refractivity contribution in [2.24, 2.45) is 5.16 Å². The summed E-state index contributed by atoms with van der Waals surface area (Å²) in [5, 5.41) is 11.3. The van der Waals surface area contributed by atoms with E-state index in [9.17, 15) is 4.79 Å². The standard InChI is InChI=1S/C10H10ClNO4/c1-6(13)16-8-4-3-7(10(11)12-14)5-9(8)15-2/h3-5,14H,1-2H3. The van der Waals surface area contributed by atoms with Crippen LogP contribution in [0.1, 0.15) is 12.5 Å². The molecule has 0 bridgehead atoms. The number of nitrogens with zero attached hydrogens (tertiary/aromatic N) is 1. The van der Waals surface area contributed by atoms with Gasteiger partial charge in [-0.1, -0.05) is 16.8 Å². The summed E-state index contributed by atoms with van der Waals surface area (Å²) in [4.78, 5) is 10.8. The molecule has 0 unspecified atom stereocenters. The van der Waals surface area contributed by atoms with Crippen LogP contribution in [0.3, 0.4) is 0 Å². The Balaban J connectivity index is 3.11. The van der Waals surface area contributed by atoms with Crippen molar-refractivity contribution in [1.82, 2.24) is 0 Å². The van der Waals surface area contributed by atoms with Crippen LogP contribution in [0.15, 0.2) is 23.4 Å². The second-order valence-electron chi connectivity index (χ2n) is 2.85. The van der Waals surface area contributed by atoms with E-state index in [1.165, 1.54) is 26.2 Å². The summed E-state index contributed by atoms with van der Waals surface area (Å²) in [5.74, 6) is 0.156. The van der Waals surface area contributed by atoms with Crippen LogP contribution in [0.5, 0.6) is 11.5 Å². The lowest BCUT2D eigenvalue weighted by Gasteiger charge is -2.08. The van der Waals surface area contributed by atoms with E-state index in [-0.39, 0.29) is 10.9 Å². The van der Waals surface area contributed by atoms with Gasteiger partial charge in [0.25, 0.3) is 0 Å². The van der Waals surface area contributed by atoms with Gasteiger partial charge in [0, 0.05) is 12.5 Å². The minimum Gasteiger partial charge on any atom is -0.493 e. The molecule has 0 aliphatic heterocycles. The molecule has 16 heavy (non-hydrogen) atoms. The van der Waals surface area contributed by atoms with Crippen LogP contribution in [0.4, 0.5) is 0 Å². The Labute approximate surface area is 97.2 Å². The number of rotatable bonds is 3. The SMILES string of the molecule is COc1cc(C(Cl)=NO)ccc1OC(C)=O. The van der Waals surface area contributed by atoms with Crippen LogP contribution in [0, 0.1) is 0 Å². The van der Waals surface area contributed by atoms with Crippen LogP contribution in [0.2, 0.25) is 0 Å². The highest BCUT2D eigenvalue weighted by atomic mass is 35.5. The van der Waals surface area contributed by atoms with E-state index in [1.54, 1.807) is 6.07 Å². The molecular weight excluding hydrogens is 234 g/mol. The van der Waals surface area contributed by atoms with Crippen molar-refractivity contribution in [3.63, 3.8) is 0 Å². The van der Waals surface area contributed by atoms with Gasteiger partial charge in [0.1, 0.15) is 0 Å². The van der Waals surface area contributed by atoms with Gasteiger partial charge in [-0.2, -0.15) is 0 Å². The van der Waals surface area contributed by atoms with E-state index in [4.69, 9.17) is 26.3 Å². The van der Waals surface area contributed by atoms with Crippen molar-refractivity contribution in [2.45, 2.75) is 6.92 Å². The minimum atomic E-state index is -0.451. The summed E-state index contributed by atoms with van der Waals surface area (Å²) in [6, 6.07) is 4.55. The Hall–Kier alpha value is -1.75. The normalized spacial score (nSPS) is 11.1. The summed E-state index contributed by atoms with van der Waals surface area (Å²) >= 11 is 5.61. The molecule has 0 fully saturated rings. The molecule has 0 saturated carbocycles. The lowest BCUT2D eigenvalue weighted by molar-refractivity contribution is -0.132. The molecule has 0 radical (unpaired) electrons. The van der Waals surface area contributed by atoms with E-state index in [0.29, 0.717) is 11.3 Å². The second kappa shape index (κ2) is 5.37. The van der Waals surface area contributed by atoms with E-state index in [2.05, 4.69) is 5.16 Å². The molecule has 0 aliphatic carbocycles. The van der Waals surface area contributed by atoms with Gasteiger partial charge < -0.3 is 14.7 Å². The molecule has 1 aromatic carbocycles. The van der Waals surface area contributed by atoms with E-state index in [0.717, 1.165) is 0 Å². The molecule has 0 heterocycles. The zero-order valence-electron chi connectivity index (χ0n) is 8.73. The third-order valence-electron chi connectivity index (χ3n) is 1.74. The van der Waals surface area contributed by atoms with Crippen LogP contribution >= 0.6 is 11.6 Å². The van der Waals surface area contributed by atoms with Crippen LogP contribution in [-0.2, 0) is 4.79 Å². The number of hydrogen-bond acceptors (Lipinski definition) is 5. The fourth-order valence-corrected chi connectivity index (χ4v) is 1.21. The minimum absolute atomic E-state index is 0.0762. The smallest absolute Gasteiger partial charge is 0.308 e. The summed E-state index contributed by atoms with van der Waals surface area (Å²) in [7, 11) is 1.43. The molecule has 1 aromatic rings. The van der Waals surface area contributed by atoms with Gasteiger partial charge in [-0.15, -0.1) is 0 Å². The molecule has 0 spiro atoms. The maximum atomic E-state index is 10.8. The van der Waals surface area contributed by atoms with Crippen LogP contribution in [-0.4, -0.2) is 23.5 Å². The Morgan fingerprint density at radius 1 is 1.44 bits per heavy atom. The van der Waals surface area contributed by atoms with Gasteiger partial charge in [0.05, 0.1) is 7.11 Å². The monoisotopic (exact) mass is 243 g/mol. The van der Waals surface area contributed by atoms with Crippen molar-refractivity contribution in [1.29, 1.82) is 0 Å². The summed E-state index contributed by atoms with van der Waals surface area (Å²) in [6.45, 7) is 1.29. The molecule has 0 saturated heterocycles. The number of methoxy groups -OCH3 is 1. The number of benzene rings is 1. The number of ether oxygens (including phenoxy) is 2. The molecule has 0 aliphatic rings. The zero-order chi connectivity index (χ0) is 12.1.